The number of carbonyl (C=O) groups excluding carboxylic acids is 1. The minimum absolute atomic E-state index is 0.152. The zero-order valence-corrected chi connectivity index (χ0v) is 12.2. The fraction of sp³-hybridized carbons (Fsp3) is 0.533. The Morgan fingerprint density at radius 3 is 2.50 bits per heavy atom. The van der Waals surface area contributed by atoms with Crippen LogP contribution in [0.25, 0.3) is 0 Å². The number of benzene rings is 1. The minimum atomic E-state index is -0.152. The van der Waals surface area contributed by atoms with Crippen molar-refractivity contribution in [3.8, 4) is 0 Å². The van der Waals surface area contributed by atoms with E-state index in [-0.39, 0.29) is 5.41 Å². The second kappa shape index (κ2) is 5.63. The molecule has 1 aliphatic rings. The molecule has 0 aromatic heterocycles. The molecular formula is C15H18Cl2O. The largest absolute Gasteiger partial charge is 0.299 e. The molecule has 0 radical (unpaired) electrons. The Morgan fingerprint density at radius 1 is 1.22 bits per heavy atom. The number of halogens is 2. The number of hydrogen-bond acceptors (Lipinski definition) is 1. The van der Waals surface area contributed by atoms with E-state index in [1.807, 2.05) is 6.07 Å². The van der Waals surface area contributed by atoms with E-state index < -0.39 is 0 Å². The number of ketones is 1. The second-order valence-corrected chi connectivity index (χ2v) is 6.30. The van der Waals surface area contributed by atoms with Gasteiger partial charge in [-0.3, -0.25) is 4.79 Å². The molecule has 0 heterocycles. The smallest absolute Gasteiger partial charge is 0.143 e. The molecule has 1 aromatic rings. The molecule has 0 spiro atoms. The molecule has 0 bridgehead atoms. The first-order valence-electron chi connectivity index (χ1n) is 6.48. The van der Waals surface area contributed by atoms with Crippen LogP contribution < -0.4 is 0 Å². The summed E-state index contributed by atoms with van der Waals surface area (Å²) in [6.07, 6.45) is 6.03. The third-order valence-electron chi connectivity index (χ3n) is 4.00. The molecule has 0 unspecified atom stereocenters. The van der Waals surface area contributed by atoms with Gasteiger partial charge in [0.1, 0.15) is 5.78 Å². The van der Waals surface area contributed by atoms with Gasteiger partial charge in [-0.25, -0.2) is 0 Å². The average molecular weight is 285 g/mol. The lowest BCUT2D eigenvalue weighted by atomic mass is 9.71. The third-order valence-corrected chi connectivity index (χ3v) is 4.58. The molecule has 98 valence electrons. The highest BCUT2D eigenvalue weighted by atomic mass is 35.5. The number of rotatable bonds is 3. The number of hydrogen-bond donors (Lipinski definition) is 0. The van der Waals surface area contributed by atoms with Gasteiger partial charge in [0.2, 0.25) is 0 Å². The Kier molecular flexibility index (Phi) is 4.34. The molecular weight excluding hydrogens is 267 g/mol. The summed E-state index contributed by atoms with van der Waals surface area (Å²) in [4.78, 5) is 12.4. The highest BCUT2D eigenvalue weighted by Crippen LogP contribution is 2.38. The van der Waals surface area contributed by atoms with Crippen molar-refractivity contribution in [1.29, 1.82) is 0 Å². The van der Waals surface area contributed by atoms with Crippen molar-refractivity contribution in [3.05, 3.63) is 33.8 Å². The standard InChI is InChI=1S/C15H18Cl2O/c1-15(7-3-2-4-8-15)14(18)9-11-5-6-12(16)10-13(11)17/h5-6,10H,2-4,7-9H2,1H3. The van der Waals surface area contributed by atoms with E-state index in [2.05, 4.69) is 6.92 Å². The molecule has 1 fully saturated rings. The summed E-state index contributed by atoms with van der Waals surface area (Å²) in [5, 5.41) is 1.20. The van der Waals surface area contributed by atoms with E-state index in [0.29, 0.717) is 22.2 Å². The molecule has 3 heteroatoms. The molecule has 0 N–H and O–H groups in total. The number of carbonyl (C=O) groups is 1. The predicted octanol–water partition coefficient (Wildman–Crippen LogP) is 5.08. The molecule has 0 amide bonds. The lowest BCUT2D eigenvalue weighted by Gasteiger charge is -2.32. The summed E-state index contributed by atoms with van der Waals surface area (Å²) >= 11 is 12.0. The maximum atomic E-state index is 12.4. The van der Waals surface area contributed by atoms with Crippen molar-refractivity contribution < 1.29 is 4.79 Å². The van der Waals surface area contributed by atoms with Crippen LogP contribution in [-0.2, 0) is 11.2 Å². The second-order valence-electron chi connectivity index (χ2n) is 5.46. The van der Waals surface area contributed by atoms with Crippen LogP contribution in [0.2, 0.25) is 10.0 Å². The van der Waals surface area contributed by atoms with Gasteiger partial charge in [-0.05, 0) is 30.5 Å². The summed E-state index contributed by atoms with van der Waals surface area (Å²) in [6, 6.07) is 5.35. The summed E-state index contributed by atoms with van der Waals surface area (Å²) in [5.41, 5.74) is 0.735. The first-order valence-corrected chi connectivity index (χ1v) is 7.24. The van der Waals surface area contributed by atoms with Gasteiger partial charge < -0.3 is 0 Å². The van der Waals surface area contributed by atoms with E-state index in [9.17, 15) is 4.79 Å². The highest BCUT2D eigenvalue weighted by Gasteiger charge is 2.34. The Balaban J connectivity index is 2.11. The van der Waals surface area contributed by atoms with Crippen LogP contribution in [0.5, 0.6) is 0 Å². The van der Waals surface area contributed by atoms with Crippen LogP contribution in [0.1, 0.15) is 44.6 Å². The van der Waals surface area contributed by atoms with Gasteiger partial charge in [0.15, 0.2) is 0 Å². The molecule has 0 atom stereocenters. The zero-order chi connectivity index (χ0) is 13.2. The zero-order valence-electron chi connectivity index (χ0n) is 10.6. The van der Waals surface area contributed by atoms with Crippen molar-refractivity contribution in [2.75, 3.05) is 0 Å². The van der Waals surface area contributed by atoms with Gasteiger partial charge in [0.25, 0.3) is 0 Å². The molecule has 1 saturated carbocycles. The Morgan fingerprint density at radius 2 is 1.89 bits per heavy atom. The Bertz CT molecular complexity index is 448. The van der Waals surface area contributed by atoms with Crippen LogP contribution in [0.4, 0.5) is 0 Å². The van der Waals surface area contributed by atoms with E-state index in [1.54, 1.807) is 12.1 Å². The van der Waals surface area contributed by atoms with Crippen LogP contribution in [-0.4, -0.2) is 5.78 Å². The van der Waals surface area contributed by atoms with Crippen molar-refractivity contribution in [1.82, 2.24) is 0 Å². The Labute approximate surface area is 118 Å². The molecule has 2 rings (SSSR count). The SMILES string of the molecule is CC1(C(=O)Cc2ccc(Cl)cc2Cl)CCCCC1. The van der Waals surface area contributed by atoms with E-state index >= 15 is 0 Å². The third kappa shape index (κ3) is 3.07. The average Bonchev–Trinajstić information content (AvgIpc) is 2.33. The fourth-order valence-electron chi connectivity index (χ4n) is 2.66. The highest BCUT2D eigenvalue weighted by molar-refractivity contribution is 6.35. The van der Waals surface area contributed by atoms with Gasteiger partial charge in [-0.1, -0.05) is 55.5 Å². The fourth-order valence-corrected chi connectivity index (χ4v) is 3.14. The van der Waals surface area contributed by atoms with Gasteiger partial charge in [-0.2, -0.15) is 0 Å². The molecule has 1 aliphatic carbocycles. The lowest BCUT2D eigenvalue weighted by molar-refractivity contribution is -0.128. The van der Waals surface area contributed by atoms with Gasteiger partial charge in [-0.15, -0.1) is 0 Å². The Hall–Kier alpha value is -0.530. The van der Waals surface area contributed by atoms with Crippen LogP contribution in [0.15, 0.2) is 18.2 Å². The topological polar surface area (TPSA) is 17.1 Å². The molecule has 18 heavy (non-hydrogen) atoms. The van der Waals surface area contributed by atoms with Gasteiger partial charge in [0.05, 0.1) is 0 Å². The van der Waals surface area contributed by atoms with Crippen LogP contribution in [0.3, 0.4) is 0 Å². The molecule has 1 nitrogen and oxygen atoms in total. The maximum absolute atomic E-state index is 12.4. The van der Waals surface area contributed by atoms with Gasteiger partial charge >= 0.3 is 0 Å². The van der Waals surface area contributed by atoms with Crippen LogP contribution >= 0.6 is 23.2 Å². The van der Waals surface area contributed by atoms with Crippen molar-refractivity contribution in [2.45, 2.75) is 45.4 Å². The normalized spacial score (nSPS) is 18.6. The summed E-state index contributed by atoms with van der Waals surface area (Å²) < 4.78 is 0. The lowest BCUT2D eigenvalue weighted by Crippen LogP contribution is -2.31. The van der Waals surface area contributed by atoms with E-state index in [1.165, 1.54) is 6.42 Å². The van der Waals surface area contributed by atoms with Crippen molar-refractivity contribution >= 4 is 29.0 Å². The molecule has 1 aromatic carbocycles. The first-order chi connectivity index (χ1) is 8.51. The maximum Gasteiger partial charge on any atom is 0.143 e. The quantitative estimate of drug-likeness (QED) is 0.757. The molecule has 0 aliphatic heterocycles. The summed E-state index contributed by atoms with van der Waals surface area (Å²) in [5.74, 6) is 0.312. The summed E-state index contributed by atoms with van der Waals surface area (Å²) in [6.45, 7) is 2.10. The van der Waals surface area contributed by atoms with E-state index in [0.717, 1.165) is 31.2 Å². The molecule has 0 saturated heterocycles. The first kappa shape index (κ1) is 13.9. The monoisotopic (exact) mass is 284 g/mol. The van der Waals surface area contributed by atoms with Crippen molar-refractivity contribution in [3.63, 3.8) is 0 Å². The predicted molar refractivity (Wildman–Crippen MR) is 76.4 cm³/mol. The van der Waals surface area contributed by atoms with Crippen LogP contribution in [0, 0.1) is 5.41 Å². The van der Waals surface area contributed by atoms with E-state index in [4.69, 9.17) is 23.2 Å². The van der Waals surface area contributed by atoms with Crippen molar-refractivity contribution in [2.24, 2.45) is 5.41 Å². The number of Topliss-reactive ketones (excluding diaryl/α,β-unsaturated/α-hetero) is 1. The van der Waals surface area contributed by atoms with Gasteiger partial charge in [0, 0.05) is 21.9 Å². The summed E-state index contributed by atoms with van der Waals surface area (Å²) in [7, 11) is 0. The minimum Gasteiger partial charge on any atom is -0.299 e.